The Bertz CT molecular complexity index is 988. The van der Waals surface area contributed by atoms with Crippen molar-refractivity contribution in [3.8, 4) is 5.75 Å². The second-order valence-electron chi connectivity index (χ2n) is 8.29. The number of nitrogens with one attached hydrogen (secondary N) is 1. The van der Waals surface area contributed by atoms with Gasteiger partial charge in [0.05, 0.1) is 0 Å². The summed E-state index contributed by atoms with van der Waals surface area (Å²) in [6.45, 7) is 0. The van der Waals surface area contributed by atoms with Crippen LogP contribution in [0.25, 0.3) is 11.0 Å². The van der Waals surface area contributed by atoms with Gasteiger partial charge in [-0.05, 0) is 0 Å². The van der Waals surface area contributed by atoms with Gasteiger partial charge >= 0.3 is 163 Å². The first-order valence-electron chi connectivity index (χ1n) is 11.6. The van der Waals surface area contributed by atoms with Gasteiger partial charge in [-0.1, -0.05) is 0 Å². The second kappa shape index (κ2) is 23.1. The first-order chi connectivity index (χ1) is 21.4. The average Bonchev–Trinajstić information content (AvgIpc) is 3.19. The fourth-order valence-corrected chi connectivity index (χ4v) is 5.96. The summed E-state index contributed by atoms with van der Waals surface area (Å²) < 4.78 is 247. The molecule has 50 heavy (non-hydrogen) atoms. The number of nitrogens with zero attached hydrogens (tertiary/aromatic N) is 5. The molecule has 0 atom stereocenters. The molecule has 0 aliphatic carbocycles. The molecule has 2 rings (SSSR count). The van der Waals surface area contributed by atoms with Crippen molar-refractivity contribution < 1.29 is 108 Å². The van der Waals surface area contributed by atoms with Gasteiger partial charge in [-0.25, -0.2) is 0 Å². The smallest absolute Gasteiger partial charge is 0.418 e. The molecule has 0 radical (unpaired) electrons. The maximum atomic E-state index is 9.75. The van der Waals surface area contributed by atoms with E-state index in [2.05, 4.69) is 29.4 Å². The Morgan fingerprint density at radius 1 is 0.480 bits per heavy atom. The van der Waals surface area contributed by atoms with E-state index < -0.39 is 51.5 Å². The molecule has 1 aromatic carbocycles. The number of fused-ring (bicyclic) bond motifs is 1. The summed E-state index contributed by atoms with van der Waals surface area (Å²) >= 11 is 0. The SMILES string of the molecule is CN(C)[PH](Oc1cccc2[nH]nnc12)(N(C)C)N(C)C.F[B-](F)(F)F.F[B-](F)(F)F.F[B-](F)(F)F.F[B-](F)(F)F.F[B-](F)(F)F.F[B-](F)(F)F. The van der Waals surface area contributed by atoms with Gasteiger partial charge in [0.1, 0.15) is 0 Å². The first kappa shape index (κ1) is 56.8. The van der Waals surface area contributed by atoms with Crippen LogP contribution in [-0.2, 0) is 0 Å². The third-order valence-corrected chi connectivity index (χ3v) is 7.30. The molecular weight excluding hydrogens is 796 g/mol. The van der Waals surface area contributed by atoms with Crippen LogP contribution in [0.15, 0.2) is 18.2 Å². The van der Waals surface area contributed by atoms with Gasteiger partial charge in [-0.2, -0.15) is 0 Å². The van der Waals surface area contributed by atoms with E-state index in [1.54, 1.807) is 0 Å². The average molecular weight is 819 g/mol. The van der Waals surface area contributed by atoms with Crippen molar-refractivity contribution in [3.63, 3.8) is 0 Å². The number of aromatic amines is 1. The number of hydrogen-bond donors (Lipinski definition) is 1. The minimum atomic E-state index is -6.00. The van der Waals surface area contributed by atoms with Crippen LogP contribution in [0.4, 0.5) is 104 Å². The fourth-order valence-electron chi connectivity index (χ4n) is 2.55. The largest absolute Gasteiger partial charge is 0.673 e. The van der Waals surface area contributed by atoms with Gasteiger partial charge in [0.25, 0.3) is 0 Å². The minimum absolute atomic E-state index is 0.749. The number of H-pyrrole nitrogens is 1. The third kappa shape index (κ3) is 54.9. The molecule has 0 saturated heterocycles. The first-order valence-corrected chi connectivity index (χ1v) is 13.4. The molecule has 38 heteroatoms. The van der Waals surface area contributed by atoms with Crippen LogP contribution in [0.5, 0.6) is 5.75 Å². The van der Waals surface area contributed by atoms with Gasteiger partial charge in [-0.15, -0.1) is 0 Å². The van der Waals surface area contributed by atoms with Crippen LogP contribution in [0, 0.1) is 0 Å². The maximum absolute atomic E-state index is 9.75. The monoisotopic (exact) mass is 820 g/mol. The normalized spacial score (nSPS) is 12.7. The van der Waals surface area contributed by atoms with Crippen LogP contribution in [-0.4, -0.2) is 115 Å². The van der Waals surface area contributed by atoms with Crippen LogP contribution in [0.2, 0.25) is 0 Å². The van der Waals surface area contributed by atoms with Crippen molar-refractivity contribution in [2.75, 3.05) is 42.3 Å². The molecule has 0 fully saturated rings. The van der Waals surface area contributed by atoms with E-state index in [1.165, 1.54) is 0 Å². The fraction of sp³-hybridized carbons (Fsp3) is 0.500. The molecule has 304 valence electrons. The molecule has 0 amide bonds. The van der Waals surface area contributed by atoms with E-state index in [1.807, 2.05) is 60.5 Å². The van der Waals surface area contributed by atoms with Crippen LogP contribution < -0.4 is 4.52 Å². The van der Waals surface area contributed by atoms with Crippen molar-refractivity contribution in [2.45, 2.75) is 0 Å². The summed E-state index contributed by atoms with van der Waals surface area (Å²) in [7, 11) is -26.2. The number of halogens is 24. The molecule has 1 heterocycles. The van der Waals surface area contributed by atoms with Crippen molar-refractivity contribution in [1.82, 2.24) is 29.4 Å². The zero-order chi connectivity index (χ0) is 41.9. The Morgan fingerprint density at radius 3 is 0.940 bits per heavy atom. The van der Waals surface area contributed by atoms with Gasteiger partial charge in [0.15, 0.2) is 0 Å². The molecule has 0 bridgehead atoms. The number of aromatic nitrogens is 3. The standard InChI is InChI=1S/C12H23N6OP.6BF4/c1-16(2)20(17(3)4,18(5)6)19-11-9-7-8-10-12(11)14-15-13-10;6*2-1(3,4)5/h7-9,20H,1-6H3,(H,13,14,15);;;;;;/q;6*-1. The molecular formula is C12H23B6F24N6OP-6. The van der Waals surface area contributed by atoms with Gasteiger partial charge in [0.2, 0.25) is 0 Å². The minimum Gasteiger partial charge on any atom is -0.418 e. The Balaban J connectivity index is -0.000000185. The molecule has 0 aliphatic rings. The van der Waals surface area contributed by atoms with Crippen molar-refractivity contribution in [3.05, 3.63) is 18.2 Å². The van der Waals surface area contributed by atoms with Crippen molar-refractivity contribution in [2.24, 2.45) is 0 Å². The quantitative estimate of drug-likeness (QED) is 0.185. The van der Waals surface area contributed by atoms with E-state index in [0.717, 1.165) is 16.8 Å². The Labute approximate surface area is 267 Å². The van der Waals surface area contributed by atoms with Crippen LogP contribution >= 0.6 is 7.94 Å². The molecule has 0 spiro atoms. The summed E-state index contributed by atoms with van der Waals surface area (Å²) in [5.74, 6) is 0.749. The zero-order valence-electron chi connectivity index (χ0n) is 25.4. The molecule has 2 aromatic rings. The number of benzene rings is 1. The molecule has 0 aliphatic heterocycles. The Kier molecular flexibility index (Phi) is 26.2. The Hall–Kier alpha value is -2.56. The third-order valence-electron chi connectivity index (χ3n) is 3.31. The van der Waals surface area contributed by atoms with Crippen molar-refractivity contribution >= 4 is 62.5 Å². The zero-order valence-corrected chi connectivity index (χ0v) is 26.4. The van der Waals surface area contributed by atoms with Gasteiger partial charge in [0, 0.05) is 0 Å². The second-order valence-corrected chi connectivity index (χ2v) is 12.3. The number of hydrogen-bond acceptors (Lipinski definition) is 6. The Morgan fingerprint density at radius 2 is 0.720 bits per heavy atom. The van der Waals surface area contributed by atoms with Crippen LogP contribution in [0.3, 0.4) is 0 Å². The summed E-state index contributed by atoms with van der Waals surface area (Å²) in [6, 6.07) is 5.81. The van der Waals surface area contributed by atoms with Gasteiger partial charge < -0.3 is 104 Å². The predicted octanol–water partition coefficient (Wildman–Crippen LogP) is 9.23. The maximum Gasteiger partial charge on any atom is 0.673 e. The van der Waals surface area contributed by atoms with E-state index in [-0.39, 0.29) is 0 Å². The van der Waals surface area contributed by atoms with E-state index in [0.29, 0.717) is 0 Å². The predicted molar refractivity (Wildman–Crippen MR) is 145 cm³/mol. The molecule has 7 nitrogen and oxygen atoms in total. The molecule has 0 unspecified atom stereocenters. The molecule has 0 saturated carbocycles. The molecule has 1 N–H and O–H groups in total. The number of rotatable bonds is 5. The van der Waals surface area contributed by atoms with E-state index in [9.17, 15) is 104 Å². The summed E-state index contributed by atoms with van der Waals surface area (Å²) in [5, 5.41) is 10.8. The van der Waals surface area contributed by atoms with Gasteiger partial charge in [-0.3, -0.25) is 0 Å². The van der Waals surface area contributed by atoms with Crippen molar-refractivity contribution in [1.29, 1.82) is 0 Å². The van der Waals surface area contributed by atoms with E-state index in [4.69, 9.17) is 4.52 Å². The van der Waals surface area contributed by atoms with E-state index >= 15 is 0 Å². The summed E-state index contributed by atoms with van der Waals surface area (Å²) in [6.07, 6.45) is 0. The molecule has 1 aromatic heterocycles. The topological polar surface area (TPSA) is 60.5 Å². The summed E-state index contributed by atoms with van der Waals surface area (Å²) in [4.78, 5) is 0. The van der Waals surface area contributed by atoms with Crippen LogP contribution in [0.1, 0.15) is 0 Å². The summed E-state index contributed by atoms with van der Waals surface area (Å²) in [5.41, 5.74) is 1.64.